The van der Waals surface area contributed by atoms with Gasteiger partial charge < -0.3 is 4.74 Å². The molecule has 0 heterocycles. The van der Waals surface area contributed by atoms with Gasteiger partial charge in [-0.2, -0.15) is 5.10 Å². The smallest absolute Gasteiger partial charge is 0.264 e. The molecule has 0 spiro atoms. The highest BCUT2D eigenvalue weighted by atomic mass is 32.2. The Morgan fingerprint density at radius 2 is 1.66 bits per heavy atom. The molecule has 7 nitrogen and oxygen atoms in total. The van der Waals surface area contributed by atoms with Crippen molar-refractivity contribution in [3.63, 3.8) is 0 Å². The summed E-state index contributed by atoms with van der Waals surface area (Å²) in [5.41, 5.74) is 4.46. The van der Waals surface area contributed by atoms with E-state index >= 15 is 0 Å². The molecule has 0 aliphatic carbocycles. The molecule has 1 N–H and O–H groups in total. The van der Waals surface area contributed by atoms with Crippen LogP contribution in [0, 0.1) is 0 Å². The van der Waals surface area contributed by atoms with Crippen molar-refractivity contribution in [2.75, 3.05) is 18.0 Å². The summed E-state index contributed by atoms with van der Waals surface area (Å²) in [6.45, 7) is 1.53. The summed E-state index contributed by atoms with van der Waals surface area (Å²) in [6.07, 6.45) is 2.10. The lowest BCUT2D eigenvalue weighted by Crippen LogP contribution is -2.40. The fourth-order valence-electron chi connectivity index (χ4n) is 3.11. The van der Waals surface area contributed by atoms with Crippen LogP contribution in [0.15, 0.2) is 88.9 Å². The van der Waals surface area contributed by atoms with Crippen LogP contribution in [0.5, 0.6) is 5.75 Å². The minimum atomic E-state index is -3.96. The molecule has 3 aromatic rings. The van der Waals surface area contributed by atoms with Crippen molar-refractivity contribution in [3.8, 4) is 5.75 Å². The second-order valence-electron chi connectivity index (χ2n) is 6.87. The summed E-state index contributed by atoms with van der Waals surface area (Å²) in [5, 5.41) is 3.95. The summed E-state index contributed by atoms with van der Waals surface area (Å²) in [7, 11) is -2.38. The zero-order chi connectivity index (χ0) is 23.0. The van der Waals surface area contributed by atoms with Crippen molar-refractivity contribution in [1.29, 1.82) is 0 Å². The van der Waals surface area contributed by atoms with Gasteiger partial charge >= 0.3 is 0 Å². The van der Waals surface area contributed by atoms with Crippen LogP contribution in [-0.4, -0.2) is 34.2 Å². The van der Waals surface area contributed by atoms with Crippen LogP contribution < -0.4 is 14.5 Å². The molecule has 32 heavy (non-hydrogen) atoms. The fraction of sp³-hybridized carbons (Fsp3) is 0.167. The van der Waals surface area contributed by atoms with Gasteiger partial charge in [0.1, 0.15) is 12.3 Å². The number of carbonyl (C=O) groups is 1. The Bertz CT molecular complexity index is 1180. The van der Waals surface area contributed by atoms with Crippen LogP contribution in [0.4, 0.5) is 5.69 Å². The van der Waals surface area contributed by atoms with Crippen LogP contribution in [0.25, 0.3) is 0 Å². The summed E-state index contributed by atoms with van der Waals surface area (Å²) in [5.74, 6) is 0.155. The van der Waals surface area contributed by atoms with Gasteiger partial charge in [-0.05, 0) is 60.0 Å². The highest BCUT2D eigenvalue weighted by molar-refractivity contribution is 7.92. The Morgan fingerprint density at radius 1 is 1.00 bits per heavy atom. The monoisotopic (exact) mass is 451 g/mol. The lowest BCUT2D eigenvalue weighted by Gasteiger charge is -2.25. The average Bonchev–Trinajstić information content (AvgIpc) is 2.83. The number of ether oxygens (including phenoxy) is 1. The number of rotatable bonds is 9. The largest absolute Gasteiger partial charge is 0.497 e. The first-order chi connectivity index (χ1) is 15.5. The van der Waals surface area contributed by atoms with Crippen LogP contribution >= 0.6 is 0 Å². The SMILES string of the molecule is CCc1ccccc1N(CC(=O)N/N=C\c1ccc(OC)cc1)S(=O)(=O)c1ccccc1. The van der Waals surface area contributed by atoms with E-state index in [1.807, 2.05) is 19.1 Å². The van der Waals surface area contributed by atoms with Crippen LogP contribution in [0.2, 0.25) is 0 Å². The molecule has 3 aromatic carbocycles. The van der Waals surface area contributed by atoms with Gasteiger partial charge in [0.15, 0.2) is 0 Å². The van der Waals surface area contributed by atoms with Crippen LogP contribution in [0.1, 0.15) is 18.1 Å². The second kappa shape index (κ2) is 10.6. The zero-order valence-corrected chi connectivity index (χ0v) is 18.7. The highest BCUT2D eigenvalue weighted by Crippen LogP contribution is 2.27. The molecule has 0 unspecified atom stereocenters. The molecule has 166 valence electrons. The number of nitrogens with zero attached hydrogens (tertiary/aromatic N) is 2. The average molecular weight is 452 g/mol. The third kappa shape index (κ3) is 5.53. The Kier molecular flexibility index (Phi) is 7.62. The molecule has 0 saturated carbocycles. The number of aryl methyl sites for hydroxylation is 1. The number of hydrogen-bond donors (Lipinski definition) is 1. The number of hydrogen-bond acceptors (Lipinski definition) is 5. The number of sulfonamides is 1. The van der Waals surface area contributed by atoms with E-state index in [-0.39, 0.29) is 4.90 Å². The predicted octanol–water partition coefficient (Wildman–Crippen LogP) is 3.60. The standard InChI is InChI=1S/C24H25N3O4S/c1-3-20-9-7-8-12-23(20)27(32(29,30)22-10-5-4-6-11-22)18-24(28)26-25-17-19-13-15-21(31-2)16-14-19/h4-17H,3,18H2,1-2H3,(H,26,28)/b25-17-. The number of amides is 1. The van der Waals surface area contributed by atoms with Gasteiger partial charge in [0, 0.05) is 0 Å². The Morgan fingerprint density at radius 3 is 2.31 bits per heavy atom. The van der Waals surface area contributed by atoms with Crippen molar-refractivity contribution in [3.05, 3.63) is 90.0 Å². The van der Waals surface area contributed by atoms with Crippen LogP contribution in [0.3, 0.4) is 0 Å². The van der Waals surface area contributed by atoms with E-state index in [0.717, 1.165) is 15.4 Å². The van der Waals surface area contributed by atoms with E-state index < -0.39 is 22.5 Å². The number of anilines is 1. The lowest BCUT2D eigenvalue weighted by atomic mass is 10.1. The maximum atomic E-state index is 13.4. The first kappa shape index (κ1) is 23.0. The summed E-state index contributed by atoms with van der Waals surface area (Å²) < 4.78 is 33.0. The topological polar surface area (TPSA) is 88.1 Å². The van der Waals surface area contributed by atoms with Gasteiger partial charge in [-0.25, -0.2) is 13.8 Å². The van der Waals surface area contributed by atoms with E-state index in [1.165, 1.54) is 18.3 Å². The van der Waals surface area contributed by atoms with E-state index in [2.05, 4.69) is 10.5 Å². The molecule has 0 atom stereocenters. The zero-order valence-electron chi connectivity index (χ0n) is 17.9. The third-order valence-electron chi connectivity index (χ3n) is 4.78. The Labute approximate surface area is 188 Å². The second-order valence-corrected chi connectivity index (χ2v) is 8.74. The lowest BCUT2D eigenvalue weighted by molar-refractivity contribution is -0.119. The van der Waals surface area contributed by atoms with Gasteiger partial charge in [-0.1, -0.05) is 43.3 Å². The van der Waals surface area contributed by atoms with Crippen molar-refractivity contribution < 1.29 is 17.9 Å². The molecule has 0 saturated heterocycles. The maximum Gasteiger partial charge on any atom is 0.264 e. The molecule has 0 radical (unpaired) electrons. The molecule has 0 aliphatic rings. The van der Waals surface area contributed by atoms with Crippen LogP contribution in [-0.2, 0) is 21.2 Å². The number of benzene rings is 3. The number of carbonyl (C=O) groups excluding carboxylic acids is 1. The van der Waals surface area contributed by atoms with E-state index in [4.69, 9.17) is 4.74 Å². The number of para-hydroxylation sites is 1. The molecule has 1 amide bonds. The van der Waals surface area contributed by atoms with Gasteiger partial charge in [0.2, 0.25) is 0 Å². The third-order valence-corrected chi connectivity index (χ3v) is 6.55. The normalized spacial score (nSPS) is 11.3. The summed E-state index contributed by atoms with van der Waals surface area (Å²) in [6, 6.07) is 22.3. The van der Waals surface area contributed by atoms with Crippen molar-refractivity contribution in [1.82, 2.24) is 5.43 Å². The predicted molar refractivity (Wildman–Crippen MR) is 126 cm³/mol. The molecule has 0 aliphatic heterocycles. The molecule has 8 heteroatoms. The highest BCUT2D eigenvalue weighted by Gasteiger charge is 2.28. The minimum Gasteiger partial charge on any atom is -0.497 e. The minimum absolute atomic E-state index is 0.112. The summed E-state index contributed by atoms with van der Waals surface area (Å²) >= 11 is 0. The Balaban J connectivity index is 1.83. The van der Waals surface area contributed by atoms with E-state index in [1.54, 1.807) is 61.7 Å². The number of hydrazone groups is 1. The molecule has 0 fully saturated rings. The first-order valence-corrected chi connectivity index (χ1v) is 11.5. The van der Waals surface area contributed by atoms with Crippen molar-refractivity contribution in [2.24, 2.45) is 5.10 Å². The molecule has 0 bridgehead atoms. The Hall–Kier alpha value is -3.65. The molecule has 0 aromatic heterocycles. The first-order valence-electron chi connectivity index (χ1n) is 10.1. The quantitative estimate of drug-likeness (QED) is 0.398. The number of nitrogens with one attached hydrogen (secondary N) is 1. The summed E-state index contributed by atoms with van der Waals surface area (Å²) in [4.78, 5) is 12.8. The molecular weight excluding hydrogens is 426 g/mol. The maximum absolute atomic E-state index is 13.4. The molecular formula is C24H25N3O4S. The fourth-order valence-corrected chi connectivity index (χ4v) is 4.59. The van der Waals surface area contributed by atoms with E-state index in [0.29, 0.717) is 17.9 Å². The van der Waals surface area contributed by atoms with Gasteiger partial charge in [-0.15, -0.1) is 0 Å². The number of methoxy groups -OCH3 is 1. The molecule has 3 rings (SSSR count). The van der Waals surface area contributed by atoms with Crippen molar-refractivity contribution in [2.45, 2.75) is 18.2 Å². The van der Waals surface area contributed by atoms with Gasteiger partial charge in [-0.3, -0.25) is 9.10 Å². The van der Waals surface area contributed by atoms with E-state index in [9.17, 15) is 13.2 Å². The van der Waals surface area contributed by atoms with Gasteiger partial charge in [0.05, 0.1) is 23.9 Å². The van der Waals surface area contributed by atoms with Crippen molar-refractivity contribution >= 4 is 27.8 Å². The van der Waals surface area contributed by atoms with Gasteiger partial charge in [0.25, 0.3) is 15.9 Å².